The van der Waals surface area contributed by atoms with Crippen molar-refractivity contribution in [2.24, 2.45) is 0 Å². The van der Waals surface area contributed by atoms with Crippen LogP contribution in [0, 0.1) is 0 Å². The van der Waals surface area contributed by atoms with Gasteiger partial charge in [0.2, 0.25) is 0 Å². The molecule has 6 heteroatoms. The molecular formula is C15H24N2O2S2. The van der Waals surface area contributed by atoms with Crippen LogP contribution < -0.4 is 5.32 Å². The Kier molecular flexibility index (Phi) is 6.10. The highest BCUT2D eigenvalue weighted by atomic mass is 32.2. The molecule has 0 aromatic heterocycles. The summed E-state index contributed by atoms with van der Waals surface area (Å²) in [7, 11) is -1.09. The second-order valence-electron chi connectivity index (χ2n) is 5.30. The summed E-state index contributed by atoms with van der Waals surface area (Å²) >= 11 is 1.74. The van der Waals surface area contributed by atoms with Crippen molar-refractivity contribution in [2.45, 2.75) is 25.4 Å². The van der Waals surface area contributed by atoms with Gasteiger partial charge in [0.25, 0.3) is 0 Å². The third-order valence-corrected chi connectivity index (χ3v) is 7.10. The van der Waals surface area contributed by atoms with Crippen LogP contribution in [0.25, 0.3) is 0 Å². The highest BCUT2D eigenvalue weighted by Gasteiger charge is 2.32. The normalized spacial score (nSPS) is 20.6. The van der Waals surface area contributed by atoms with Gasteiger partial charge in [-0.05, 0) is 18.2 Å². The van der Waals surface area contributed by atoms with E-state index in [-0.39, 0.29) is 11.1 Å². The minimum absolute atomic E-state index is 0.217. The molecule has 0 radical (unpaired) electrons. The highest BCUT2D eigenvalue weighted by Crippen LogP contribution is 2.23. The summed E-state index contributed by atoms with van der Waals surface area (Å²) in [6, 6.07) is 8.38. The first-order valence-electron chi connectivity index (χ1n) is 7.32. The van der Waals surface area contributed by atoms with Crippen LogP contribution in [-0.2, 0) is 22.9 Å². The van der Waals surface area contributed by atoms with E-state index in [0.717, 1.165) is 18.8 Å². The average molecular weight is 329 g/mol. The zero-order valence-corrected chi connectivity index (χ0v) is 14.3. The molecule has 1 saturated heterocycles. The molecule has 1 aromatic carbocycles. The predicted molar refractivity (Wildman–Crippen MR) is 90.2 cm³/mol. The van der Waals surface area contributed by atoms with Crippen molar-refractivity contribution in [1.29, 1.82) is 0 Å². The quantitative estimate of drug-likeness (QED) is 0.862. The average Bonchev–Trinajstić information content (AvgIpc) is 2.48. The van der Waals surface area contributed by atoms with Crippen molar-refractivity contribution >= 4 is 21.6 Å². The van der Waals surface area contributed by atoms with Crippen LogP contribution in [0.1, 0.15) is 18.1 Å². The minimum atomic E-state index is -3.02. The van der Waals surface area contributed by atoms with E-state index >= 15 is 0 Å². The molecule has 0 bridgehead atoms. The van der Waals surface area contributed by atoms with Crippen molar-refractivity contribution in [1.82, 2.24) is 10.2 Å². The molecule has 1 aliphatic rings. The fraction of sp³-hybridized carbons (Fsp3) is 0.600. The Balaban J connectivity index is 2.14. The number of thioether (sulfide) groups is 1. The maximum Gasteiger partial charge on any atom is 0.166 e. The van der Waals surface area contributed by atoms with Gasteiger partial charge in [0, 0.05) is 36.9 Å². The molecule has 0 aliphatic carbocycles. The molecule has 4 nitrogen and oxygen atoms in total. The molecule has 1 aliphatic heterocycles. The van der Waals surface area contributed by atoms with Crippen molar-refractivity contribution in [3.05, 3.63) is 35.4 Å². The second kappa shape index (κ2) is 7.63. The Morgan fingerprint density at radius 3 is 2.86 bits per heavy atom. The van der Waals surface area contributed by atoms with Crippen LogP contribution in [0.4, 0.5) is 0 Å². The molecule has 1 atom stereocenters. The first kappa shape index (κ1) is 16.8. The smallest absolute Gasteiger partial charge is 0.166 e. The van der Waals surface area contributed by atoms with E-state index in [2.05, 4.69) is 28.4 Å². The van der Waals surface area contributed by atoms with Gasteiger partial charge < -0.3 is 5.32 Å². The third-order valence-electron chi connectivity index (χ3n) is 3.77. The van der Waals surface area contributed by atoms with Crippen LogP contribution in [0.15, 0.2) is 24.3 Å². The molecule has 0 saturated carbocycles. The zero-order chi connectivity index (χ0) is 15.3. The first-order chi connectivity index (χ1) is 10.1. The summed E-state index contributed by atoms with van der Waals surface area (Å²) in [5, 5.41) is 2.81. The van der Waals surface area contributed by atoms with E-state index in [4.69, 9.17) is 0 Å². The Morgan fingerprint density at radius 2 is 2.14 bits per heavy atom. The maximum atomic E-state index is 12.3. The van der Waals surface area contributed by atoms with E-state index in [1.165, 1.54) is 11.1 Å². The molecule has 1 N–H and O–H groups in total. The SMILES string of the molecule is CCS(=O)(=O)C1CSCCN1Cc1cccc(CNC)c1. The van der Waals surface area contributed by atoms with E-state index in [9.17, 15) is 8.42 Å². The van der Waals surface area contributed by atoms with Crippen LogP contribution in [-0.4, -0.2) is 49.5 Å². The van der Waals surface area contributed by atoms with Gasteiger partial charge in [0.15, 0.2) is 9.84 Å². The number of nitrogens with one attached hydrogen (secondary N) is 1. The van der Waals surface area contributed by atoms with Gasteiger partial charge in [0.1, 0.15) is 5.37 Å². The fourth-order valence-corrected chi connectivity index (χ4v) is 5.68. The molecular weight excluding hydrogens is 304 g/mol. The molecule has 0 spiro atoms. The van der Waals surface area contributed by atoms with Gasteiger partial charge in [-0.2, -0.15) is 11.8 Å². The lowest BCUT2D eigenvalue weighted by Gasteiger charge is -2.34. The Morgan fingerprint density at radius 1 is 1.38 bits per heavy atom. The minimum Gasteiger partial charge on any atom is -0.316 e. The Hall–Kier alpha value is -0.560. The third kappa shape index (κ3) is 4.45. The summed E-state index contributed by atoms with van der Waals surface area (Å²) in [6.45, 7) is 4.12. The summed E-state index contributed by atoms with van der Waals surface area (Å²) in [5.74, 6) is 1.91. The summed E-state index contributed by atoms with van der Waals surface area (Å²) < 4.78 is 24.5. The number of rotatable bonds is 6. The lowest BCUT2D eigenvalue weighted by molar-refractivity contribution is 0.261. The summed E-state index contributed by atoms with van der Waals surface area (Å²) in [4.78, 5) is 2.12. The van der Waals surface area contributed by atoms with Crippen molar-refractivity contribution < 1.29 is 8.42 Å². The number of hydrogen-bond donors (Lipinski definition) is 1. The van der Waals surface area contributed by atoms with Gasteiger partial charge in [-0.25, -0.2) is 8.42 Å². The van der Waals surface area contributed by atoms with E-state index in [1.807, 2.05) is 13.1 Å². The lowest BCUT2D eigenvalue weighted by Crippen LogP contribution is -2.47. The zero-order valence-electron chi connectivity index (χ0n) is 12.7. The number of sulfone groups is 1. The van der Waals surface area contributed by atoms with Gasteiger partial charge in [-0.1, -0.05) is 31.2 Å². The molecule has 1 aromatic rings. The number of nitrogens with zero attached hydrogens (tertiary/aromatic N) is 1. The van der Waals surface area contributed by atoms with Crippen molar-refractivity contribution in [3.63, 3.8) is 0 Å². The molecule has 0 amide bonds. The largest absolute Gasteiger partial charge is 0.316 e. The van der Waals surface area contributed by atoms with Crippen molar-refractivity contribution in [2.75, 3.05) is 30.9 Å². The summed E-state index contributed by atoms with van der Waals surface area (Å²) in [5.41, 5.74) is 2.42. The molecule has 1 heterocycles. The van der Waals surface area contributed by atoms with E-state index in [1.54, 1.807) is 18.7 Å². The number of benzene rings is 1. The topological polar surface area (TPSA) is 49.4 Å². The summed E-state index contributed by atoms with van der Waals surface area (Å²) in [6.07, 6.45) is 0. The van der Waals surface area contributed by atoms with E-state index in [0.29, 0.717) is 12.3 Å². The van der Waals surface area contributed by atoms with Gasteiger partial charge in [0.05, 0.1) is 0 Å². The van der Waals surface area contributed by atoms with Gasteiger partial charge >= 0.3 is 0 Å². The fourth-order valence-electron chi connectivity index (χ4n) is 2.60. The predicted octanol–water partition coefficient (Wildman–Crippen LogP) is 1.72. The molecule has 1 fully saturated rings. The van der Waals surface area contributed by atoms with E-state index < -0.39 is 9.84 Å². The van der Waals surface area contributed by atoms with Crippen LogP contribution in [0.3, 0.4) is 0 Å². The molecule has 2 rings (SSSR count). The monoisotopic (exact) mass is 328 g/mol. The lowest BCUT2D eigenvalue weighted by atomic mass is 10.1. The Labute approximate surface area is 132 Å². The maximum absolute atomic E-state index is 12.3. The molecule has 1 unspecified atom stereocenters. The first-order valence-corrected chi connectivity index (χ1v) is 10.2. The van der Waals surface area contributed by atoms with Crippen LogP contribution >= 0.6 is 11.8 Å². The Bertz CT molecular complexity index is 561. The van der Waals surface area contributed by atoms with Gasteiger partial charge in [-0.15, -0.1) is 0 Å². The van der Waals surface area contributed by atoms with Crippen molar-refractivity contribution in [3.8, 4) is 0 Å². The highest BCUT2D eigenvalue weighted by molar-refractivity contribution is 8.01. The van der Waals surface area contributed by atoms with Crippen LogP contribution in [0.5, 0.6) is 0 Å². The molecule has 118 valence electrons. The standard InChI is InChI=1S/C15H24N2O2S2/c1-3-21(18,19)15-12-20-8-7-17(15)11-14-6-4-5-13(9-14)10-16-2/h4-6,9,15-16H,3,7-8,10-12H2,1-2H3. The second-order valence-corrected chi connectivity index (χ2v) is 8.90. The van der Waals surface area contributed by atoms with Crippen LogP contribution in [0.2, 0.25) is 0 Å². The van der Waals surface area contributed by atoms with Gasteiger partial charge in [-0.3, -0.25) is 4.90 Å². The number of hydrogen-bond acceptors (Lipinski definition) is 5. The molecule has 21 heavy (non-hydrogen) atoms.